The molecule has 0 saturated carbocycles. The van der Waals surface area contributed by atoms with Crippen molar-refractivity contribution in [1.29, 1.82) is 0 Å². The second-order valence-electron chi connectivity index (χ2n) is 4.85. The van der Waals surface area contributed by atoms with Crippen LogP contribution in [-0.4, -0.2) is 41.7 Å². The van der Waals surface area contributed by atoms with Gasteiger partial charge in [0, 0.05) is 31.7 Å². The lowest BCUT2D eigenvalue weighted by atomic mass is 10.2. The molecule has 1 aliphatic heterocycles. The third kappa shape index (κ3) is 3.68. The van der Waals surface area contributed by atoms with Crippen LogP contribution in [0.15, 0.2) is 18.3 Å². The largest absolute Gasteiger partial charge is 0.397 e. The summed E-state index contributed by atoms with van der Waals surface area (Å²) < 4.78 is 5.71. The minimum absolute atomic E-state index is 0.332. The number of rotatable bonds is 3. The van der Waals surface area contributed by atoms with E-state index in [4.69, 9.17) is 10.5 Å². The number of ether oxygens (including phenoxy) is 1. The van der Waals surface area contributed by atoms with Crippen LogP contribution in [0.1, 0.15) is 19.5 Å². The average Bonchev–Trinajstić information content (AvgIpc) is 2.27. The maximum Gasteiger partial charge on any atom is 0.0678 e. The summed E-state index contributed by atoms with van der Waals surface area (Å²) in [7, 11) is 0. The van der Waals surface area contributed by atoms with Gasteiger partial charge in [0.05, 0.1) is 24.1 Å². The van der Waals surface area contributed by atoms with Gasteiger partial charge in [0.2, 0.25) is 0 Å². The van der Waals surface area contributed by atoms with Gasteiger partial charge in [-0.05, 0) is 26.0 Å². The molecule has 2 atom stereocenters. The molecule has 1 aliphatic rings. The first-order chi connectivity index (χ1) is 8.13. The molecule has 17 heavy (non-hydrogen) atoms. The van der Waals surface area contributed by atoms with E-state index in [1.165, 1.54) is 0 Å². The van der Waals surface area contributed by atoms with Crippen molar-refractivity contribution in [2.75, 3.05) is 25.4 Å². The smallest absolute Gasteiger partial charge is 0.0678 e. The van der Waals surface area contributed by atoms with E-state index in [0.29, 0.717) is 12.2 Å². The fourth-order valence-electron chi connectivity index (χ4n) is 2.32. The fraction of sp³-hybridized carbons (Fsp3) is 0.615. The number of nitrogens with zero attached hydrogens (tertiary/aromatic N) is 2. The molecule has 4 heteroatoms. The third-order valence-electron chi connectivity index (χ3n) is 3.03. The van der Waals surface area contributed by atoms with Gasteiger partial charge < -0.3 is 10.5 Å². The number of anilines is 1. The molecule has 94 valence electrons. The van der Waals surface area contributed by atoms with E-state index in [1.807, 2.05) is 12.1 Å². The molecule has 1 saturated heterocycles. The Bertz CT molecular complexity index is 342. The number of nitrogen functional groups attached to an aromatic ring is 1. The molecule has 0 amide bonds. The SMILES string of the molecule is CC1CN(CCc2ccc(N)cn2)CC(C)O1. The van der Waals surface area contributed by atoms with E-state index in [2.05, 4.69) is 23.7 Å². The first kappa shape index (κ1) is 12.3. The van der Waals surface area contributed by atoms with Crippen LogP contribution >= 0.6 is 0 Å². The first-order valence-corrected chi connectivity index (χ1v) is 6.21. The van der Waals surface area contributed by atoms with Gasteiger partial charge in [0.25, 0.3) is 0 Å². The van der Waals surface area contributed by atoms with Crippen molar-refractivity contribution in [3.63, 3.8) is 0 Å². The van der Waals surface area contributed by atoms with E-state index in [-0.39, 0.29) is 0 Å². The molecule has 0 aliphatic carbocycles. The topological polar surface area (TPSA) is 51.4 Å². The lowest BCUT2D eigenvalue weighted by molar-refractivity contribution is -0.0675. The zero-order chi connectivity index (χ0) is 12.3. The Balaban J connectivity index is 1.83. The second-order valence-corrected chi connectivity index (χ2v) is 4.85. The molecular formula is C13H21N3O. The highest BCUT2D eigenvalue weighted by Gasteiger charge is 2.21. The van der Waals surface area contributed by atoms with Crippen LogP contribution in [0.3, 0.4) is 0 Å². The summed E-state index contributed by atoms with van der Waals surface area (Å²) in [6.07, 6.45) is 3.36. The monoisotopic (exact) mass is 235 g/mol. The highest BCUT2D eigenvalue weighted by atomic mass is 16.5. The lowest BCUT2D eigenvalue weighted by Gasteiger charge is -2.35. The highest BCUT2D eigenvalue weighted by molar-refractivity contribution is 5.34. The Morgan fingerprint density at radius 3 is 2.65 bits per heavy atom. The van der Waals surface area contributed by atoms with Gasteiger partial charge in [-0.1, -0.05) is 0 Å². The number of nitrogens with two attached hydrogens (primary N) is 1. The lowest BCUT2D eigenvalue weighted by Crippen LogP contribution is -2.46. The number of pyridine rings is 1. The Labute approximate surface area is 103 Å². The van der Waals surface area contributed by atoms with E-state index in [1.54, 1.807) is 6.20 Å². The van der Waals surface area contributed by atoms with Crippen LogP contribution in [-0.2, 0) is 11.2 Å². The van der Waals surface area contributed by atoms with Gasteiger partial charge in [-0.25, -0.2) is 0 Å². The average molecular weight is 235 g/mol. The molecule has 0 spiro atoms. The Morgan fingerprint density at radius 2 is 2.06 bits per heavy atom. The van der Waals surface area contributed by atoms with Gasteiger partial charge >= 0.3 is 0 Å². The summed E-state index contributed by atoms with van der Waals surface area (Å²) in [6.45, 7) is 7.32. The molecule has 1 aromatic heterocycles. The molecule has 1 aromatic rings. The van der Waals surface area contributed by atoms with Crippen molar-refractivity contribution in [1.82, 2.24) is 9.88 Å². The van der Waals surface area contributed by atoms with E-state index in [0.717, 1.165) is 37.4 Å². The number of hydrogen-bond acceptors (Lipinski definition) is 4. The molecule has 0 radical (unpaired) electrons. The van der Waals surface area contributed by atoms with Crippen molar-refractivity contribution in [2.24, 2.45) is 0 Å². The van der Waals surface area contributed by atoms with Gasteiger partial charge in [-0.15, -0.1) is 0 Å². The first-order valence-electron chi connectivity index (χ1n) is 6.21. The zero-order valence-corrected chi connectivity index (χ0v) is 10.6. The van der Waals surface area contributed by atoms with Crippen molar-refractivity contribution >= 4 is 5.69 Å². The standard InChI is InChI=1S/C13H21N3O/c1-10-8-16(9-11(2)17-10)6-5-13-4-3-12(14)7-15-13/h3-4,7,10-11H,5-6,8-9,14H2,1-2H3. The van der Waals surface area contributed by atoms with Gasteiger partial charge in [-0.3, -0.25) is 9.88 Å². The molecule has 2 N–H and O–H groups in total. The normalized spacial score (nSPS) is 26.0. The summed E-state index contributed by atoms with van der Waals surface area (Å²) in [4.78, 5) is 6.76. The summed E-state index contributed by atoms with van der Waals surface area (Å²) in [6, 6.07) is 3.91. The van der Waals surface area contributed by atoms with E-state index >= 15 is 0 Å². The summed E-state index contributed by atoms with van der Waals surface area (Å²) in [5.41, 5.74) is 7.44. The number of hydrogen-bond donors (Lipinski definition) is 1. The second kappa shape index (κ2) is 5.47. The summed E-state index contributed by atoms with van der Waals surface area (Å²) in [5, 5.41) is 0. The Hall–Kier alpha value is -1.13. The van der Waals surface area contributed by atoms with Crippen molar-refractivity contribution in [3.05, 3.63) is 24.0 Å². The predicted molar refractivity (Wildman–Crippen MR) is 68.8 cm³/mol. The van der Waals surface area contributed by atoms with Crippen molar-refractivity contribution in [2.45, 2.75) is 32.5 Å². The summed E-state index contributed by atoms with van der Waals surface area (Å²) in [5.74, 6) is 0. The molecule has 2 rings (SSSR count). The molecule has 2 unspecified atom stereocenters. The van der Waals surface area contributed by atoms with E-state index in [9.17, 15) is 0 Å². The maximum atomic E-state index is 5.71. The number of aromatic nitrogens is 1. The quantitative estimate of drug-likeness (QED) is 0.858. The minimum Gasteiger partial charge on any atom is -0.397 e. The van der Waals surface area contributed by atoms with Crippen LogP contribution < -0.4 is 5.73 Å². The Morgan fingerprint density at radius 1 is 1.35 bits per heavy atom. The maximum absolute atomic E-state index is 5.71. The van der Waals surface area contributed by atoms with Crippen LogP contribution in [0.25, 0.3) is 0 Å². The van der Waals surface area contributed by atoms with Crippen LogP contribution in [0.4, 0.5) is 5.69 Å². The van der Waals surface area contributed by atoms with Crippen LogP contribution in [0.2, 0.25) is 0 Å². The molecular weight excluding hydrogens is 214 g/mol. The van der Waals surface area contributed by atoms with Gasteiger partial charge in [0.1, 0.15) is 0 Å². The molecule has 1 fully saturated rings. The minimum atomic E-state index is 0.332. The third-order valence-corrected chi connectivity index (χ3v) is 3.03. The highest BCUT2D eigenvalue weighted by Crippen LogP contribution is 2.11. The van der Waals surface area contributed by atoms with Crippen molar-refractivity contribution in [3.8, 4) is 0 Å². The molecule has 4 nitrogen and oxygen atoms in total. The molecule has 0 bridgehead atoms. The van der Waals surface area contributed by atoms with Gasteiger partial charge in [-0.2, -0.15) is 0 Å². The van der Waals surface area contributed by atoms with Gasteiger partial charge in [0.15, 0.2) is 0 Å². The van der Waals surface area contributed by atoms with Crippen LogP contribution in [0, 0.1) is 0 Å². The van der Waals surface area contributed by atoms with Crippen LogP contribution in [0.5, 0.6) is 0 Å². The molecule has 2 heterocycles. The predicted octanol–water partition coefficient (Wildman–Crippen LogP) is 1.32. The Kier molecular flexibility index (Phi) is 3.97. The zero-order valence-electron chi connectivity index (χ0n) is 10.6. The van der Waals surface area contributed by atoms with E-state index < -0.39 is 0 Å². The fourth-order valence-corrected chi connectivity index (χ4v) is 2.32. The number of morpholine rings is 1. The molecule has 0 aromatic carbocycles. The summed E-state index contributed by atoms with van der Waals surface area (Å²) >= 11 is 0. The van der Waals surface area contributed by atoms with Crippen molar-refractivity contribution < 1.29 is 4.74 Å².